The molecule has 120 valence electrons. The number of carbonyl (C=O) groups is 1. The molecule has 1 aliphatic rings. The molecule has 7 nitrogen and oxygen atoms in total. The number of likely N-dealkylation sites (tertiary alicyclic amines) is 1. The zero-order valence-corrected chi connectivity index (χ0v) is 13.1. The van der Waals surface area contributed by atoms with Gasteiger partial charge in [0.1, 0.15) is 6.10 Å². The van der Waals surface area contributed by atoms with E-state index in [1.165, 1.54) is 19.5 Å². The van der Waals surface area contributed by atoms with E-state index in [0.717, 1.165) is 12.1 Å². The van der Waals surface area contributed by atoms with Crippen LogP contribution < -0.4 is 9.47 Å². The zero-order valence-electron chi connectivity index (χ0n) is 13.1. The van der Waals surface area contributed by atoms with Gasteiger partial charge in [-0.05, 0) is 19.1 Å². The monoisotopic (exact) mass is 314 g/mol. The fourth-order valence-corrected chi connectivity index (χ4v) is 2.55. The van der Waals surface area contributed by atoms with Gasteiger partial charge in [-0.3, -0.25) is 14.8 Å². The van der Waals surface area contributed by atoms with Gasteiger partial charge in [-0.25, -0.2) is 0 Å². The lowest BCUT2D eigenvalue weighted by Gasteiger charge is -2.17. The van der Waals surface area contributed by atoms with Gasteiger partial charge >= 0.3 is 0 Å². The normalized spacial score (nSPS) is 17.1. The number of aryl methyl sites for hydroxylation is 1. The van der Waals surface area contributed by atoms with E-state index in [0.29, 0.717) is 30.4 Å². The van der Waals surface area contributed by atoms with Crippen LogP contribution in [-0.2, 0) is 0 Å². The Morgan fingerprint density at radius 2 is 2.17 bits per heavy atom. The van der Waals surface area contributed by atoms with Crippen LogP contribution in [0.2, 0.25) is 0 Å². The van der Waals surface area contributed by atoms with Crippen LogP contribution in [-0.4, -0.2) is 52.1 Å². The minimum absolute atomic E-state index is 0.0153. The number of aromatic nitrogens is 3. The summed E-state index contributed by atoms with van der Waals surface area (Å²) >= 11 is 0. The molecule has 1 amide bonds. The number of hydrogen-bond acceptors (Lipinski definition) is 6. The molecule has 3 heterocycles. The van der Waals surface area contributed by atoms with Gasteiger partial charge in [-0.1, -0.05) is 0 Å². The average Bonchev–Trinajstić information content (AvgIpc) is 3.03. The number of methoxy groups -OCH3 is 1. The number of hydrogen-bond donors (Lipinski definition) is 0. The predicted molar refractivity (Wildman–Crippen MR) is 82.5 cm³/mol. The summed E-state index contributed by atoms with van der Waals surface area (Å²) in [5.74, 6) is 0.791. The molecule has 0 N–H and O–H groups in total. The molecule has 3 rings (SSSR count). The largest absolute Gasteiger partial charge is 0.480 e. The Hall–Kier alpha value is -2.70. The highest BCUT2D eigenvalue weighted by Gasteiger charge is 2.29. The SMILES string of the molecule is COc1cncc(OC2CCN(C(=O)c3cccnc3C)C2)n1. The topological polar surface area (TPSA) is 77.4 Å². The smallest absolute Gasteiger partial charge is 0.255 e. The quantitative estimate of drug-likeness (QED) is 0.851. The summed E-state index contributed by atoms with van der Waals surface area (Å²) in [6.45, 7) is 3.00. The molecule has 0 aromatic carbocycles. The zero-order chi connectivity index (χ0) is 16.2. The van der Waals surface area contributed by atoms with E-state index < -0.39 is 0 Å². The number of ether oxygens (including phenoxy) is 2. The van der Waals surface area contributed by atoms with E-state index in [9.17, 15) is 4.79 Å². The summed E-state index contributed by atoms with van der Waals surface area (Å²) in [6, 6.07) is 3.57. The van der Waals surface area contributed by atoms with E-state index >= 15 is 0 Å². The number of rotatable bonds is 4. The first-order valence-electron chi connectivity index (χ1n) is 7.41. The molecule has 0 spiro atoms. The van der Waals surface area contributed by atoms with E-state index in [2.05, 4.69) is 15.0 Å². The molecular formula is C16H18N4O3. The van der Waals surface area contributed by atoms with Crippen LogP contribution in [0.25, 0.3) is 0 Å². The Kier molecular flexibility index (Phi) is 4.36. The summed E-state index contributed by atoms with van der Waals surface area (Å²) in [5.41, 5.74) is 1.37. The first-order valence-corrected chi connectivity index (χ1v) is 7.41. The fraction of sp³-hybridized carbons (Fsp3) is 0.375. The fourth-order valence-electron chi connectivity index (χ4n) is 2.55. The molecule has 0 aliphatic carbocycles. The minimum Gasteiger partial charge on any atom is -0.480 e. The summed E-state index contributed by atoms with van der Waals surface area (Å²) in [4.78, 5) is 26.7. The molecule has 0 saturated carbocycles. The van der Waals surface area contributed by atoms with Gasteiger partial charge in [0.25, 0.3) is 5.91 Å². The number of nitrogens with zero attached hydrogens (tertiary/aromatic N) is 4. The van der Waals surface area contributed by atoms with Gasteiger partial charge in [-0.15, -0.1) is 0 Å². The van der Waals surface area contributed by atoms with Crippen molar-refractivity contribution in [2.75, 3.05) is 20.2 Å². The molecule has 0 radical (unpaired) electrons. The van der Waals surface area contributed by atoms with Crippen molar-refractivity contribution >= 4 is 5.91 Å². The maximum atomic E-state index is 12.5. The highest BCUT2D eigenvalue weighted by atomic mass is 16.5. The molecule has 1 aliphatic heterocycles. The van der Waals surface area contributed by atoms with Crippen LogP contribution in [0.5, 0.6) is 11.8 Å². The van der Waals surface area contributed by atoms with Crippen molar-refractivity contribution < 1.29 is 14.3 Å². The van der Waals surface area contributed by atoms with Crippen molar-refractivity contribution in [1.29, 1.82) is 0 Å². The van der Waals surface area contributed by atoms with E-state index in [4.69, 9.17) is 9.47 Å². The maximum Gasteiger partial charge on any atom is 0.255 e. The Morgan fingerprint density at radius 1 is 1.35 bits per heavy atom. The van der Waals surface area contributed by atoms with Gasteiger partial charge in [0.05, 0.1) is 31.6 Å². The second kappa shape index (κ2) is 6.60. The summed E-state index contributed by atoms with van der Waals surface area (Å²) in [6.07, 6.45) is 5.39. The average molecular weight is 314 g/mol. The Morgan fingerprint density at radius 3 is 2.96 bits per heavy atom. The van der Waals surface area contributed by atoms with Crippen LogP contribution in [0.4, 0.5) is 0 Å². The third-order valence-corrected chi connectivity index (χ3v) is 3.76. The second-order valence-electron chi connectivity index (χ2n) is 5.32. The molecule has 1 unspecified atom stereocenters. The third kappa shape index (κ3) is 3.39. The van der Waals surface area contributed by atoms with Gasteiger partial charge in [-0.2, -0.15) is 4.98 Å². The van der Waals surface area contributed by atoms with Gasteiger partial charge < -0.3 is 14.4 Å². The molecule has 0 bridgehead atoms. The standard InChI is InChI=1S/C16H18N4O3/c1-11-13(4-3-6-18-11)16(21)20-7-5-12(10-20)23-15-9-17-8-14(19-15)22-2/h3-4,6,8-9,12H,5,7,10H2,1-2H3. The Balaban J connectivity index is 1.64. The number of amides is 1. The van der Waals surface area contributed by atoms with Crippen molar-refractivity contribution in [3.8, 4) is 11.8 Å². The molecular weight excluding hydrogens is 296 g/mol. The lowest BCUT2D eigenvalue weighted by molar-refractivity contribution is 0.0769. The van der Waals surface area contributed by atoms with Crippen molar-refractivity contribution in [2.45, 2.75) is 19.4 Å². The molecule has 2 aromatic rings. The number of carbonyl (C=O) groups excluding carboxylic acids is 1. The first kappa shape index (κ1) is 15.2. The van der Waals surface area contributed by atoms with Crippen LogP contribution in [0.3, 0.4) is 0 Å². The molecule has 23 heavy (non-hydrogen) atoms. The third-order valence-electron chi connectivity index (χ3n) is 3.76. The maximum absolute atomic E-state index is 12.5. The Bertz CT molecular complexity index is 707. The molecule has 2 aromatic heterocycles. The van der Waals surface area contributed by atoms with Crippen LogP contribution in [0.1, 0.15) is 22.5 Å². The van der Waals surface area contributed by atoms with Crippen molar-refractivity contribution in [3.05, 3.63) is 42.0 Å². The minimum atomic E-state index is -0.0997. The molecule has 1 saturated heterocycles. The first-order chi connectivity index (χ1) is 11.2. The second-order valence-corrected chi connectivity index (χ2v) is 5.32. The predicted octanol–water partition coefficient (Wildman–Crippen LogP) is 1.48. The van der Waals surface area contributed by atoms with Crippen molar-refractivity contribution in [3.63, 3.8) is 0 Å². The van der Waals surface area contributed by atoms with Crippen molar-refractivity contribution in [2.24, 2.45) is 0 Å². The van der Waals surface area contributed by atoms with Crippen LogP contribution in [0.15, 0.2) is 30.7 Å². The number of pyridine rings is 1. The van der Waals surface area contributed by atoms with Crippen LogP contribution >= 0.6 is 0 Å². The van der Waals surface area contributed by atoms with Crippen LogP contribution in [0, 0.1) is 6.92 Å². The van der Waals surface area contributed by atoms with Crippen molar-refractivity contribution in [1.82, 2.24) is 19.9 Å². The Labute approximate surface area is 134 Å². The lowest BCUT2D eigenvalue weighted by atomic mass is 10.2. The lowest BCUT2D eigenvalue weighted by Crippen LogP contribution is -2.31. The molecule has 1 atom stereocenters. The summed E-state index contributed by atoms with van der Waals surface area (Å²) in [5, 5.41) is 0. The summed E-state index contributed by atoms with van der Waals surface area (Å²) in [7, 11) is 1.53. The van der Waals surface area contributed by atoms with Gasteiger partial charge in [0.2, 0.25) is 11.8 Å². The molecule has 1 fully saturated rings. The van der Waals surface area contributed by atoms with Gasteiger partial charge in [0, 0.05) is 24.9 Å². The van der Waals surface area contributed by atoms with E-state index in [1.807, 2.05) is 6.92 Å². The molecule has 7 heteroatoms. The summed E-state index contributed by atoms with van der Waals surface area (Å²) < 4.78 is 10.8. The highest BCUT2D eigenvalue weighted by Crippen LogP contribution is 2.20. The van der Waals surface area contributed by atoms with Gasteiger partial charge in [0.15, 0.2) is 0 Å². The van der Waals surface area contributed by atoms with E-state index in [1.54, 1.807) is 23.2 Å². The van der Waals surface area contributed by atoms with E-state index in [-0.39, 0.29) is 12.0 Å². The highest BCUT2D eigenvalue weighted by molar-refractivity contribution is 5.95.